The van der Waals surface area contributed by atoms with Crippen LogP contribution in [0.1, 0.15) is 25.5 Å². The lowest BCUT2D eigenvalue weighted by atomic mass is 10.1. The van der Waals surface area contributed by atoms with Crippen molar-refractivity contribution < 1.29 is 0 Å². The number of likely N-dealkylation sites (tertiary alicyclic amines) is 1. The summed E-state index contributed by atoms with van der Waals surface area (Å²) in [5.74, 6) is 0. The van der Waals surface area contributed by atoms with E-state index in [0.717, 1.165) is 13.1 Å². The molecule has 90 valence electrons. The molecule has 1 aliphatic rings. The van der Waals surface area contributed by atoms with E-state index < -0.39 is 0 Å². The predicted molar refractivity (Wildman–Crippen MR) is 65.3 cm³/mol. The molecule has 1 aliphatic heterocycles. The number of hydrogen-bond donors (Lipinski definition) is 1. The fourth-order valence-corrected chi connectivity index (χ4v) is 2.36. The minimum absolute atomic E-state index is 0.638. The molecular weight excluding hydrogens is 200 g/mol. The van der Waals surface area contributed by atoms with Crippen molar-refractivity contribution in [1.29, 1.82) is 0 Å². The summed E-state index contributed by atoms with van der Waals surface area (Å²) >= 11 is 0. The molecule has 1 fully saturated rings. The van der Waals surface area contributed by atoms with Crippen molar-refractivity contribution >= 4 is 0 Å². The zero-order valence-corrected chi connectivity index (χ0v) is 10.3. The second-order valence-electron chi connectivity index (χ2n) is 4.65. The number of aryl methyl sites for hydroxylation is 1. The maximum Gasteiger partial charge on any atom is 0.0948 e. The fourth-order valence-electron chi connectivity index (χ4n) is 2.36. The van der Waals surface area contributed by atoms with Crippen molar-refractivity contribution in [2.75, 3.05) is 20.1 Å². The Bertz CT molecular complexity index is 321. The second-order valence-corrected chi connectivity index (χ2v) is 4.65. The van der Waals surface area contributed by atoms with Gasteiger partial charge in [-0.3, -0.25) is 0 Å². The smallest absolute Gasteiger partial charge is 0.0948 e. The van der Waals surface area contributed by atoms with Gasteiger partial charge in [0, 0.05) is 31.9 Å². The molecule has 1 unspecified atom stereocenters. The lowest BCUT2D eigenvalue weighted by Crippen LogP contribution is -2.43. The van der Waals surface area contributed by atoms with E-state index in [1.165, 1.54) is 31.6 Å². The number of nitrogens with one attached hydrogen (secondary N) is 1. The Morgan fingerprint density at radius 2 is 2.44 bits per heavy atom. The molecular formula is C12H22N4. The van der Waals surface area contributed by atoms with Gasteiger partial charge in [-0.15, -0.1) is 0 Å². The fraction of sp³-hybridized carbons (Fsp3) is 0.750. The van der Waals surface area contributed by atoms with Gasteiger partial charge in [0.05, 0.1) is 12.0 Å². The Hall–Kier alpha value is -0.870. The van der Waals surface area contributed by atoms with E-state index in [-0.39, 0.29) is 0 Å². The highest BCUT2D eigenvalue weighted by atomic mass is 15.1. The first-order valence-electron chi connectivity index (χ1n) is 6.20. The average Bonchev–Trinajstić information content (AvgIpc) is 2.74. The number of imidazole rings is 1. The number of piperidine rings is 1. The maximum atomic E-state index is 4.18. The van der Waals surface area contributed by atoms with Crippen molar-refractivity contribution in [2.45, 2.75) is 38.9 Å². The third-order valence-corrected chi connectivity index (χ3v) is 3.34. The summed E-state index contributed by atoms with van der Waals surface area (Å²) in [5.41, 5.74) is 1.29. The summed E-state index contributed by atoms with van der Waals surface area (Å²) in [4.78, 5) is 6.59. The van der Waals surface area contributed by atoms with Crippen molar-refractivity contribution in [3.63, 3.8) is 0 Å². The first kappa shape index (κ1) is 11.6. The van der Waals surface area contributed by atoms with E-state index in [1.807, 2.05) is 12.5 Å². The molecule has 1 atom stereocenters. The molecule has 4 heteroatoms. The van der Waals surface area contributed by atoms with Gasteiger partial charge >= 0.3 is 0 Å². The summed E-state index contributed by atoms with van der Waals surface area (Å²) in [6.07, 6.45) is 6.47. The van der Waals surface area contributed by atoms with Crippen LogP contribution < -0.4 is 5.32 Å². The minimum Gasteiger partial charge on any atom is -0.334 e. The van der Waals surface area contributed by atoms with Crippen molar-refractivity contribution in [1.82, 2.24) is 19.8 Å². The monoisotopic (exact) mass is 222 g/mol. The summed E-state index contributed by atoms with van der Waals surface area (Å²) in [7, 11) is 2.20. The van der Waals surface area contributed by atoms with Crippen molar-refractivity contribution in [2.24, 2.45) is 0 Å². The lowest BCUT2D eigenvalue weighted by molar-refractivity contribution is 0.226. The molecule has 0 radical (unpaired) electrons. The summed E-state index contributed by atoms with van der Waals surface area (Å²) < 4.78 is 2.19. The number of aromatic nitrogens is 2. The molecule has 0 aliphatic carbocycles. The van der Waals surface area contributed by atoms with Crippen LogP contribution in [0.25, 0.3) is 0 Å². The molecule has 2 heterocycles. The Morgan fingerprint density at radius 1 is 1.56 bits per heavy atom. The Balaban J connectivity index is 1.82. The second kappa shape index (κ2) is 5.46. The minimum atomic E-state index is 0.638. The Kier molecular flexibility index (Phi) is 3.96. The molecule has 0 bridgehead atoms. The van der Waals surface area contributed by atoms with Gasteiger partial charge in [-0.1, -0.05) is 0 Å². The molecule has 1 aromatic rings. The van der Waals surface area contributed by atoms with E-state index in [9.17, 15) is 0 Å². The lowest BCUT2D eigenvalue weighted by Gasteiger charge is -2.30. The number of rotatable bonds is 4. The highest BCUT2D eigenvalue weighted by Gasteiger charge is 2.16. The Labute approximate surface area is 97.7 Å². The van der Waals surface area contributed by atoms with Gasteiger partial charge in [0.2, 0.25) is 0 Å². The third kappa shape index (κ3) is 2.83. The van der Waals surface area contributed by atoms with E-state index in [1.54, 1.807) is 0 Å². The van der Waals surface area contributed by atoms with E-state index in [4.69, 9.17) is 0 Å². The van der Waals surface area contributed by atoms with Crippen LogP contribution in [0.15, 0.2) is 12.5 Å². The number of hydrogen-bond acceptors (Lipinski definition) is 3. The molecule has 1 aromatic heterocycles. The molecule has 0 spiro atoms. The zero-order chi connectivity index (χ0) is 11.4. The van der Waals surface area contributed by atoms with Gasteiger partial charge in [-0.25, -0.2) is 4.98 Å². The molecule has 4 nitrogen and oxygen atoms in total. The van der Waals surface area contributed by atoms with Crippen LogP contribution in [0, 0.1) is 0 Å². The van der Waals surface area contributed by atoms with Crippen LogP contribution >= 0.6 is 0 Å². The molecule has 1 saturated heterocycles. The predicted octanol–water partition coefficient (Wildman–Crippen LogP) is 1.09. The van der Waals surface area contributed by atoms with E-state index in [0.29, 0.717) is 6.04 Å². The van der Waals surface area contributed by atoms with Gasteiger partial charge in [-0.05, 0) is 33.4 Å². The van der Waals surface area contributed by atoms with E-state index >= 15 is 0 Å². The maximum absolute atomic E-state index is 4.18. The summed E-state index contributed by atoms with van der Waals surface area (Å²) in [6.45, 7) is 6.50. The zero-order valence-electron chi connectivity index (χ0n) is 10.3. The first-order valence-corrected chi connectivity index (χ1v) is 6.20. The molecule has 0 amide bonds. The van der Waals surface area contributed by atoms with Crippen molar-refractivity contribution in [3.8, 4) is 0 Å². The normalized spacial score (nSPS) is 22.5. The van der Waals surface area contributed by atoms with Crippen LogP contribution in [0.2, 0.25) is 0 Å². The van der Waals surface area contributed by atoms with Crippen LogP contribution in [0.5, 0.6) is 0 Å². The average molecular weight is 222 g/mol. The quantitative estimate of drug-likeness (QED) is 0.828. The summed E-state index contributed by atoms with van der Waals surface area (Å²) in [6, 6.07) is 0.638. The third-order valence-electron chi connectivity index (χ3n) is 3.34. The van der Waals surface area contributed by atoms with Gasteiger partial charge < -0.3 is 14.8 Å². The van der Waals surface area contributed by atoms with Crippen LogP contribution in [0.3, 0.4) is 0 Å². The molecule has 1 N–H and O–H groups in total. The first-order chi connectivity index (χ1) is 7.79. The highest BCUT2D eigenvalue weighted by Crippen LogP contribution is 2.09. The molecule has 16 heavy (non-hydrogen) atoms. The van der Waals surface area contributed by atoms with Crippen LogP contribution in [0.4, 0.5) is 0 Å². The summed E-state index contributed by atoms with van der Waals surface area (Å²) in [5, 5.41) is 3.63. The molecule has 0 saturated carbocycles. The number of nitrogens with zero attached hydrogens (tertiary/aromatic N) is 3. The van der Waals surface area contributed by atoms with Crippen LogP contribution in [-0.2, 0) is 13.1 Å². The topological polar surface area (TPSA) is 33.1 Å². The van der Waals surface area contributed by atoms with Crippen LogP contribution in [-0.4, -0.2) is 40.6 Å². The van der Waals surface area contributed by atoms with Crippen molar-refractivity contribution in [3.05, 3.63) is 18.2 Å². The SMILES string of the molecule is CCn1cncc1CNC1CCCN(C)C1. The Morgan fingerprint density at radius 3 is 3.19 bits per heavy atom. The van der Waals surface area contributed by atoms with Gasteiger partial charge in [0.1, 0.15) is 0 Å². The largest absolute Gasteiger partial charge is 0.334 e. The highest BCUT2D eigenvalue weighted by molar-refractivity contribution is 4.98. The standard InChI is InChI=1S/C12H22N4/c1-3-16-10-13-7-12(16)8-14-11-5-4-6-15(2)9-11/h7,10-11,14H,3-6,8-9H2,1-2H3. The van der Waals surface area contributed by atoms with Gasteiger partial charge in [0.15, 0.2) is 0 Å². The van der Waals surface area contributed by atoms with Gasteiger partial charge in [-0.2, -0.15) is 0 Å². The molecule has 2 rings (SSSR count). The van der Waals surface area contributed by atoms with Gasteiger partial charge in [0.25, 0.3) is 0 Å². The molecule has 0 aromatic carbocycles. The number of likely N-dealkylation sites (N-methyl/N-ethyl adjacent to an activating group) is 1. The van der Waals surface area contributed by atoms with E-state index in [2.05, 4.69) is 33.7 Å².